The average molecular weight is 202 g/mol. The summed E-state index contributed by atoms with van der Waals surface area (Å²) >= 11 is 5.02. The molecule has 0 amide bonds. The summed E-state index contributed by atoms with van der Waals surface area (Å²) in [6.45, 7) is 3.00. The summed E-state index contributed by atoms with van der Waals surface area (Å²) in [5, 5.41) is 0. The Morgan fingerprint density at radius 1 is 1.69 bits per heavy atom. The van der Waals surface area contributed by atoms with Crippen LogP contribution in [0.3, 0.4) is 0 Å². The molecular formula is C9H18N2OS. The van der Waals surface area contributed by atoms with Gasteiger partial charge in [-0.2, -0.15) is 0 Å². The van der Waals surface area contributed by atoms with Crippen molar-refractivity contribution in [3.8, 4) is 0 Å². The van der Waals surface area contributed by atoms with Crippen LogP contribution in [0.5, 0.6) is 0 Å². The first-order valence-electron chi connectivity index (χ1n) is 4.78. The van der Waals surface area contributed by atoms with Crippen molar-refractivity contribution >= 4 is 17.2 Å². The number of hydrogen-bond donors (Lipinski definition) is 1. The Balaban J connectivity index is 2.27. The average Bonchev–Trinajstić information content (AvgIpc) is 2.53. The molecule has 4 heteroatoms. The molecule has 0 bridgehead atoms. The lowest BCUT2D eigenvalue weighted by atomic mass is 10.2. The third-order valence-electron chi connectivity index (χ3n) is 2.49. The van der Waals surface area contributed by atoms with E-state index in [9.17, 15) is 0 Å². The van der Waals surface area contributed by atoms with Crippen LogP contribution in [-0.4, -0.2) is 42.7 Å². The predicted octanol–water partition coefficient (Wildman–Crippen LogP) is 0.773. The van der Waals surface area contributed by atoms with Gasteiger partial charge in [-0.15, -0.1) is 0 Å². The Morgan fingerprint density at radius 2 is 2.46 bits per heavy atom. The molecule has 1 aliphatic rings. The van der Waals surface area contributed by atoms with E-state index in [0.29, 0.717) is 11.0 Å². The first kappa shape index (κ1) is 10.9. The van der Waals surface area contributed by atoms with Gasteiger partial charge in [-0.25, -0.2) is 0 Å². The number of nitrogens with two attached hydrogens (primary N) is 1. The summed E-state index contributed by atoms with van der Waals surface area (Å²) < 4.78 is 5.01. The molecule has 3 nitrogen and oxygen atoms in total. The maximum absolute atomic E-state index is 5.65. The summed E-state index contributed by atoms with van der Waals surface area (Å²) in [6.07, 6.45) is 3.41. The maximum atomic E-state index is 5.65. The quantitative estimate of drug-likeness (QED) is 0.528. The van der Waals surface area contributed by atoms with Gasteiger partial charge in [0.2, 0.25) is 0 Å². The van der Waals surface area contributed by atoms with Crippen LogP contribution in [-0.2, 0) is 4.74 Å². The van der Waals surface area contributed by atoms with Crippen molar-refractivity contribution in [2.75, 3.05) is 26.8 Å². The van der Waals surface area contributed by atoms with Gasteiger partial charge in [0.25, 0.3) is 0 Å². The molecule has 0 aromatic carbocycles. The van der Waals surface area contributed by atoms with Crippen molar-refractivity contribution in [1.82, 2.24) is 4.90 Å². The van der Waals surface area contributed by atoms with E-state index in [0.717, 1.165) is 32.5 Å². The number of thiocarbonyl (C=S) groups is 1. The molecule has 0 aromatic rings. The summed E-state index contributed by atoms with van der Waals surface area (Å²) in [5.74, 6) is 0. The second-order valence-corrected chi connectivity index (χ2v) is 3.91. The Hall–Kier alpha value is -0.190. The number of likely N-dealkylation sites (tertiary alicyclic amines) is 1. The van der Waals surface area contributed by atoms with Gasteiger partial charge in [-0.3, -0.25) is 4.90 Å². The molecule has 1 rings (SSSR count). The van der Waals surface area contributed by atoms with Crippen molar-refractivity contribution in [2.45, 2.75) is 25.3 Å². The molecule has 0 aliphatic carbocycles. The lowest BCUT2D eigenvalue weighted by Crippen LogP contribution is -2.39. The molecule has 0 spiro atoms. The molecule has 1 heterocycles. The molecule has 0 saturated carbocycles. The third-order valence-corrected chi connectivity index (χ3v) is 2.76. The standard InChI is InChI=1S/C9H18N2OS/c1-12-7-3-6-11-5-2-4-8(11)9(10)13/h8H,2-7H2,1H3,(H2,10,13). The van der Waals surface area contributed by atoms with E-state index in [2.05, 4.69) is 4.90 Å². The maximum Gasteiger partial charge on any atom is 0.0902 e. The minimum absolute atomic E-state index is 0.340. The zero-order valence-corrected chi connectivity index (χ0v) is 8.98. The molecule has 1 atom stereocenters. The fourth-order valence-electron chi connectivity index (χ4n) is 1.83. The highest BCUT2D eigenvalue weighted by molar-refractivity contribution is 7.80. The van der Waals surface area contributed by atoms with Crippen LogP contribution >= 0.6 is 12.2 Å². The number of ether oxygens (including phenoxy) is 1. The van der Waals surface area contributed by atoms with E-state index in [1.807, 2.05) is 0 Å². The van der Waals surface area contributed by atoms with Crippen LogP contribution < -0.4 is 5.73 Å². The smallest absolute Gasteiger partial charge is 0.0902 e. The van der Waals surface area contributed by atoms with Gasteiger partial charge >= 0.3 is 0 Å². The summed E-state index contributed by atoms with van der Waals surface area (Å²) in [5.41, 5.74) is 5.65. The zero-order chi connectivity index (χ0) is 9.68. The van der Waals surface area contributed by atoms with E-state index in [4.69, 9.17) is 22.7 Å². The fraction of sp³-hybridized carbons (Fsp3) is 0.889. The largest absolute Gasteiger partial charge is 0.392 e. The Labute approximate surface area is 85.2 Å². The van der Waals surface area contributed by atoms with E-state index in [1.165, 1.54) is 6.42 Å². The van der Waals surface area contributed by atoms with Gasteiger partial charge in [0, 0.05) is 20.3 Å². The van der Waals surface area contributed by atoms with Gasteiger partial charge < -0.3 is 10.5 Å². The van der Waals surface area contributed by atoms with Crippen molar-refractivity contribution in [3.63, 3.8) is 0 Å². The highest BCUT2D eigenvalue weighted by atomic mass is 32.1. The van der Waals surface area contributed by atoms with Crippen LogP contribution in [0.2, 0.25) is 0 Å². The summed E-state index contributed by atoms with van der Waals surface area (Å²) in [7, 11) is 1.73. The van der Waals surface area contributed by atoms with E-state index >= 15 is 0 Å². The van der Waals surface area contributed by atoms with Crippen molar-refractivity contribution in [3.05, 3.63) is 0 Å². The van der Waals surface area contributed by atoms with Gasteiger partial charge in [0.1, 0.15) is 0 Å². The van der Waals surface area contributed by atoms with Crippen molar-refractivity contribution in [2.24, 2.45) is 5.73 Å². The Bertz CT molecular complexity index is 175. The SMILES string of the molecule is COCCCN1CCCC1C(N)=S. The molecule has 0 radical (unpaired) electrons. The molecule has 1 unspecified atom stereocenters. The van der Waals surface area contributed by atoms with Gasteiger partial charge in [-0.1, -0.05) is 12.2 Å². The normalized spacial score (nSPS) is 23.6. The van der Waals surface area contributed by atoms with Gasteiger partial charge in [0.15, 0.2) is 0 Å². The van der Waals surface area contributed by atoms with Gasteiger partial charge in [-0.05, 0) is 25.8 Å². The number of rotatable bonds is 5. The van der Waals surface area contributed by atoms with Crippen LogP contribution in [0.4, 0.5) is 0 Å². The number of methoxy groups -OCH3 is 1. The van der Waals surface area contributed by atoms with Crippen LogP contribution in [0.1, 0.15) is 19.3 Å². The summed E-state index contributed by atoms with van der Waals surface area (Å²) in [4.78, 5) is 3.01. The number of nitrogens with zero attached hydrogens (tertiary/aromatic N) is 1. The van der Waals surface area contributed by atoms with Crippen LogP contribution in [0, 0.1) is 0 Å². The molecular weight excluding hydrogens is 184 g/mol. The minimum atomic E-state index is 0.340. The Morgan fingerprint density at radius 3 is 3.08 bits per heavy atom. The minimum Gasteiger partial charge on any atom is -0.392 e. The second-order valence-electron chi connectivity index (χ2n) is 3.44. The fourth-order valence-corrected chi connectivity index (χ4v) is 2.09. The highest BCUT2D eigenvalue weighted by Gasteiger charge is 2.25. The molecule has 1 aliphatic heterocycles. The van der Waals surface area contributed by atoms with Crippen LogP contribution in [0.25, 0.3) is 0 Å². The molecule has 13 heavy (non-hydrogen) atoms. The number of hydrogen-bond acceptors (Lipinski definition) is 3. The van der Waals surface area contributed by atoms with Crippen molar-refractivity contribution in [1.29, 1.82) is 0 Å². The van der Waals surface area contributed by atoms with E-state index in [1.54, 1.807) is 7.11 Å². The van der Waals surface area contributed by atoms with E-state index in [-0.39, 0.29) is 0 Å². The molecule has 2 N–H and O–H groups in total. The van der Waals surface area contributed by atoms with Crippen molar-refractivity contribution < 1.29 is 4.74 Å². The monoisotopic (exact) mass is 202 g/mol. The lowest BCUT2D eigenvalue weighted by Gasteiger charge is -2.22. The van der Waals surface area contributed by atoms with E-state index < -0.39 is 0 Å². The zero-order valence-electron chi connectivity index (χ0n) is 8.16. The molecule has 76 valence electrons. The first-order valence-corrected chi connectivity index (χ1v) is 5.19. The lowest BCUT2D eigenvalue weighted by molar-refractivity contribution is 0.175. The Kier molecular flexibility index (Phi) is 4.62. The summed E-state index contributed by atoms with van der Waals surface area (Å²) in [6, 6.07) is 0.340. The molecule has 0 aromatic heterocycles. The molecule has 1 saturated heterocycles. The van der Waals surface area contributed by atoms with Crippen LogP contribution in [0.15, 0.2) is 0 Å². The topological polar surface area (TPSA) is 38.5 Å². The first-order chi connectivity index (χ1) is 6.25. The molecule has 1 fully saturated rings. The predicted molar refractivity (Wildman–Crippen MR) is 57.9 cm³/mol. The second kappa shape index (κ2) is 5.52. The van der Waals surface area contributed by atoms with Gasteiger partial charge in [0.05, 0.1) is 11.0 Å². The highest BCUT2D eigenvalue weighted by Crippen LogP contribution is 2.17. The third kappa shape index (κ3) is 3.21.